The van der Waals surface area contributed by atoms with E-state index < -0.39 is 0 Å². The lowest BCUT2D eigenvalue weighted by Crippen LogP contribution is -2.01. The third-order valence-electron chi connectivity index (χ3n) is 2.18. The van der Waals surface area contributed by atoms with Crippen LogP contribution in [0.4, 0.5) is 0 Å². The first kappa shape index (κ1) is 14.6. The Morgan fingerprint density at radius 3 is 2.71 bits per heavy atom. The van der Waals surface area contributed by atoms with Crippen LogP contribution in [0.3, 0.4) is 0 Å². The number of benzene rings is 1. The van der Waals surface area contributed by atoms with Gasteiger partial charge in [0.05, 0.1) is 12.7 Å². The normalized spacial score (nSPS) is 10.6. The molecule has 0 N–H and O–H groups in total. The Kier molecular flexibility index (Phi) is 6.06. The van der Waals surface area contributed by atoms with Crippen molar-refractivity contribution in [3.63, 3.8) is 0 Å². The smallest absolute Gasteiger partial charge is 0.337 e. The molecule has 17 heavy (non-hydrogen) atoms. The van der Waals surface area contributed by atoms with Crippen molar-refractivity contribution in [1.82, 2.24) is 0 Å². The van der Waals surface area contributed by atoms with Crippen LogP contribution in [0.5, 0.6) is 0 Å². The van der Waals surface area contributed by atoms with Gasteiger partial charge in [-0.2, -0.15) is 11.8 Å². The summed E-state index contributed by atoms with van der Waals surface area (Å²) in [5, 5.41) is 0. The molecule has 0 heterocycles. The number of halogens is 1. The number of rotatable bonds is 5. The predicted molar refractivity (Wildman–Crippen MR) is 76.5 cm³/mol. The minimum absolute atomic E-state index is 0.299. The van der Waals surface area contributed by atoms with Crippen LogP contribution in [0, 0.1) is 5.92 Å². The van der Waals surface area contributed by atoms with Crippen molar-refractivity contribution in [3.8, 4) is 0 Å². The Morgan fingerprint density at radius 1 is 1.47 bits per heavy atom. The zero-order valence-electron chi connectivity index (χ0n) is 10.3. The number of carbonyl (C=O) groups is 1. The maximum Gasteiger partial charge on any atom is 0.337 e. The summed E-state index contributed by atoms with van der Waals surface area (Å²) in [5.74, 6) is 2.51. The quantitative estimate of drug-likeness (QED) is 0.764. The lowest BCUT2D eigenvalue weighted by atomic mass is 10.1. The highest BCUT2D eigenvalue weighted by Gasteiger charge is 2.08. The standard InChI is InChI=1S/C13H17BrO2S/c1-9(2)7-17-8-11-5-4-10(6-12(11)14)13(15)16-3/h4-6,9H,7-8H2,1-3H3. The highest BCUT2D eigenvalue weighted by Crippen LogP contribution is 2.24. The molecular weight excluding hydrogens is 300 g/mol. The average Bonchev–Trinajstić information content (AvgIpc) is 2.29. The molecule has 0 fully saturated rings. The summed E-state index contributed by atoms with van der Waals surface area (Å²) >= 11 is 5.39. The summed E-state index contributed by atoms with van der Waals surface area (Å²) < 4.78 is 5.65. The van der Waals surface area contributed by atoms with Gasteiger partial charge in [-0.1, -0.05) is 35.8 Å². The summed E-state index contributed by atoms with van der Waals surface area (Å²) in [6, 6.07) is 5.60. The van der Waals surface area contributed by atoms with Crippen LogP contribution in [0.25, 0.3) is 0 Å². The van der Waals surface area contributed by atoms with E-state index in [-0.39, 0.29) is 5.97 Å². The molecule has 0 saturated carbocycles. The van der Waals surface area contributed by atoms with Gasteiger partial charge in [-0.15, -0.1) is 0 Å². The van der Waals surface area contributed by atoms with Gasteiger partial charge in [-0.05, 0) is 29.4 Å². The maximum atomic E-state index is 11.3. The zero-order valence-corrected chi connectivity index (χ0v) is 12.7. The fourth-order valence-electron chi connectivity index (χ4n) is 1.31. The fraction of sp³-hybridized carbons (Fsp3) is 0.462. The fourth-order valence-corrected chi connectivity index (χ4v) is 3.08. The Bertz CT molecular complexity index is 391. The van der Waals surface area contributed by atoms with Crippen LogP contribution in [0.2, 0.25) is 0 Å². The topological polar surface area (TPSA) is 26.3 Å². The van der Waals surface area contributed by atoms with Crippen LogP contribution in [0.1, 0.15) is 29.8 Å². The average molecular weight is 317 g/mol. The third-order valence-corrected chi connectivity index (χ3v) is 4.34. The van der Waals surface area contributed by atoms with Gasteiger partial charge < -0.3 is 4.74 Å². The van der Waals surface area contributed by atoms with Gasteiger partial charge in [0.2, 0.25) is 0 Å². The molecule has 0 spiro atoms. The lowest BCUT2D eigenvalue weighted by molar-refractivity contribution is 0.0600. The van der Waals surface area contributed by atoms with E-state index in [1.807, 2.05) is 30.0 Å². The van der Waals surface area contributed by atoms with Gasteiger partial charge in [0.25, 0.3) is 0 Å². The molecule has 0 atom stereocenters. The Hall–Kier alpha value is -0.480. The van der Waals surface area contributed by atoms with E-state index in [1.165, 1.54) is 12.7 Å². The molecule has 0 aliphatic rings. The molecule has 2 nitrogen and oxygen atoms in total. The van der Waals surface area contributed by atoms with Gasteiger partial charge in [-0.3, -0.25) is 0 Å². The van der Waals surface area contributed by atoms with Gasteiger partial charge >= 0.3 is 5.97 Å². The maximum absolute atomic E-state index is 11.3. The number of esters is 1. The van der Waals surface area contributed by atoms with Crippen molar-refractivity contribution in [1.29, 1.82) is 0 Å². The summed E-state index contributed by atoms with van der Waals surface area (Å²) in [6.45, 7) is 4.42. The Balaban J connectivity index is 2.66. The highest BCUT2D eigenvalue weighted by molar-refractivity contribution is 9.10. The number of thioether (sulfide) groups is 1. The first-order chi connectivity index (χ1) is 8.04. The van der Waals surface area contributed by atoms with Crippen molar-refractivity contribution in [2.75, 3.05) is 12.9 Å². The predicted octanol–water partition coefficient (Wildman–Crippen LogP) is 4.12. The van der Waals surface area contributed by atoms with Crippen molar-refractivity contribution < 1.29 is 9.53 Å². The van der Waals surface area contributed by atoms with Crippen molar-refractivity contribution in [2.24, 2.45) is 5.92 Å². The summed E-state index contributed by atoms with van der Waals surface area (Å²) in [4.78, 5) is 11.3. The Labute approximate surface area is 115 Å². The highest BCUT2D eigenvalue weighted by atomic mass is 79.9. The van der Waals surface area contributed by atoms with Crippen LogP contribution < -0.4 is 0 Å². The summed E-state index contributed by atoms with van der Waals surface area (Å²) in [6.07, 6.45) is 0. The minimum Gasteiger partial charge on any atom is -0.465 e. The summed E-state index contributed by atoms with van der Waals surface area (Å²) in [7, 11) is 1.39. The monoisotopic (exact) mass is 316 g/mol. The third kappa shape index (κ3) is 4.72. The van der Waals surface area contributed by atoms with Gasteiger partial charge in [0.1, 0.15) is 0 Å². The van der Waals surface area contributed by atoms with E-state index >= 15 is 0 Å². The van der Waals surface area contributed by atoms with Crippen LogP contribution >= 0.6 is 27.7 Å². The second kappa shape index (κ2) is 7.07. The van der Waals surface area contributed by atoms with E-state index in [0.717, 1.165) is 16.0 Å². The molecular formula is C13H17BrO2S. The molecule has 0 aliphatic carbocycles. The number of methoxy groups -OCH3 is 1. The van der Waals surface area contributed by atoms with Crippen molar-refractivity contribution in [3.05, 3.63) is 33.8 Å². The van der Waals surface area contributed by atoms with Crippen LogP contribution in [-0.2, 0) is 10.5 Å². The molecule has 0 radical (unpaired) electrons. The Morgan fingerprint density at radius 2 is 2.18 bits per heavy atom. The van der Waals surface area contributed by atoms with E-state index in [9.17, 15) is 4.79 Å². The van der Waals surface area contributed by atoms with Crippen LogP contribution in [-0.4, -0.2) is 18.8 Å². The molecule has 0 bridgehead atoms. The zero-order chi connectivity index (χ0) is 12.8. The van der Waals surface area contributed by atoms with Crippen molar-refractivity contribution >= 4 is 33.7 Å². The number of hydrogen-bond donors (Lipinski definition) is 0. The van der Waals surface area contributed by atoms with E-state index in [0.29, 0.717) is 11.5 Å². The largest absolute Gasteiger partial charge is 0.465 e. The molecule has 0 aliphatic heterocycles. The molecule has 1 rings (SSSR count). The number of ether oxygens (including phenoxy) is 1. The second-order valence-electron chi connectivity index (χ2n) is 4.21. The number of hydrogen-bond acceptors (Lipinski definition) is 3. The second-order valence-corrected chi connectivity index (χ2v) is 6.09. The SMILES string of the molecule is COC(=O)c1ccc(CSCC(C)C)c(Br)c1. The van der Waals surface area contributed by atoms with Gasteiger partial charge in [-0.25, -0.2) is 4.79 Å². The van der Waals surface area contributed by atoms with Crippen molar-refractivity contribution in [2.45, 2.75) is 19.6 Å². The molecule has 1 aromatic carbocycles. The molecule has 0 unspecified atom stereocenters. The van der Waals surface area contributed by atoms with Gasteiger partial charge in [0.15, 0.2) is 0 Å². The molecule has 94 valence electrons. The molecule has 0 amide bonds. The molecule has 0 aromatic heterocycles. The van der Waals surface area contributed by atoms with E-state index in [1.54, 1.807) is 0 Å². The summed E-state index contributed by atoms with van der Waals surface area (Å²) in [5.41, 5.74) is 1.79. The van der Waals surface area contributed by atoms with Crippen LogP contribution in [0.15, 0.2) is 22.7 Å². The number of carbonyl (C=O) groups excluding carboxylic acids is 1. The van der Waals surface area contributed by atoms with E-state index in [4.69, 9.17) is 0 Å². The lowest BCUT2D eigenvalue weighted by Gasteiger charge is -2.08. The first-order valence-electron chi connectivity index (χ1n) is 5.49. The molecule has 1 aromatic rings. The molecule has 0 saturated heterocycles. The first-order valence-corrected chi connectivity index (χ1v) is 7.44. The van der Waals surface area contributed by atoms with E-state index in [2.05, 4.69) is 34.5 Å². The van der Waals surface area contributed by atoms with Gasteiger partial charge in [0, 0.05) is 10.2 Å². The molecule has 4 heteroatoms. The minimum atomic E-state index is -0.299.